The van der Waals surface area contributed by atoms with Crippen LogP contribution in [0.2, 0.25) is 0 Å². The van der Waals surface area contributed by atoms with E-state index in [-0.39, 0.29) is 17.3 Å². The van der Waals surface area contributed by atoms with Crippen LogP contribution in [0.3, 0.4) is 0 Å². The van der Waals surface area contributed by atoms with E-state index in [0.29, 0.717) is 22.6 Å². The normalized spacial score (nSPS) is 11.6. The average Bonchev–Trinajstić information content (AvgIpc) is 2.33. The smallest absolute Gasteiger partial charge is 0.242 e. The summed E-state index contributed by atoms with van der Waals surface area (Å²) in [5, 5.41) is 2.63. The van der Waals surface area contributed by atoms with E-state index < -0.39 is 10.0 Å². The zero-order valence-corrected chi connectivity index (χ0v) is 13.7. The van der Waals surface area contributed by atoms with E-state index >= 15 is 0 Å². The average molecular weight is 364 g/mol. The Morgan fingerprint density at radius 2 is 2.05 bits per heavy atom. The number of sulfonamides is 1. The third-order valence-corrected chi connectivity index (χ3v) is 4.75. The van der Waals surface area contributed by atoms with Crippen LogP contribution in [-0.4, -0.2) is 27.4 Å². The second-order valence-electron chi connectivity index (χ2n) is 4.71. The number of carbonyl (C=O) groups excluding carboxylic acids is 1. The van der Waals surface area contributed by atoms with Crippen LogP contribution in [0.4, 0.5) is 5.69 Å². The fourth-order valence-electron chi connectivity index (χ4n) is 1.35. The first kappa shape index (κ1) is 16.9. The van der Waals surface area contributed by atoms with Gasteiger partial charge in [0.15, 0.2) is 0 Å². The first-order chi connectivity index (χ1) is 9.22. The summed E-state index contributed by atoms with van der Waals surface area (Å²) in [6.07, 6.45) is 0. The molecular weight excluding hydrogens is 346 g/mol. The molecule has 4 N–H and O–H groups in total. The van der Waals surface area contributed by atoms with Crippen molar-refractivity contribution in [1.82, 2.24) is 10.0 Å². The number of rotatable bonds is 6. The predicted octanol–water partition coefficient (Wildman–Crippen LogP) is 1.08. The SMILES string of the molecule is CC(C)CNC(=O)CNS(=O)(=O)c1ccc(N)cc1Br. The molecule has 8 heteroatoms. The van der Waals surface area contributed by atoms with E-state index in [1.807, 2.05) is 13.8 Å². The maximum absolute atomic E-state index is 12.0. The van der Waals surface area contributed by atoms with Crippen molar-refractivity contribution in [3.05, 3.63) is 22.7 Å². The van der Waals surface area contributed by atoms with E-state index in [4.69, 9.17) is 5.73 Å². The van der Waals surface area contributed by atoms with Crippen molar-refractivity contribution < 1.29 is 13.2 Å². The molecule has 0 saturated carbocycles. The first-order valence-corrected chi connectivity index (χ1v) is 8.31. The third-order valence-electron chi connectivity index (χ3n) is 2.38. The largest absolute Gasteiger partial charge is 0.399 e. The molecule has 0 spiro atoms. The number of nitrogens with one attached hydrogen (secondary N) is 2. The minimum Gasteiger partial charge on any atom is -0.399 e. The van der Waals surface area contributed by atoms with Gasteiger partial charge in [0.05, 0.1) is 11.4 Å². The van der Waals surface area contributed by atoms with E-state index in [0.717, 1.165) is 0 Å². The summed E-state index contributed by atoms with van der Waals surface area (Å²) in [7, 11) is -3.75. The van der Waals surface area contributed by atoms with Crippen molar-refractivity contribution in [2.75, 3.05) is 18.8 Å². The monoisotopic (exact) mass is 363 g/mol. The zero-order valence-electron chi connectivity index (χ0n) is 11.3. The minimum absolute atomic E-state index is 0.0448. The van der Waals surface area contributed by atoms with Gasteiger partial charge >= 0.3 is 0 Å². The van der Waals surface area contributed by atoms with Crippen LogP contribution in [0.15, 0.2) is 27.6 Å². The van der Waals surface area contributed by atoms with Crippen molar-refractivity contribution in [2.45, 2.75) is 18.7 Å². The minimum atomic E-state index is -3.75. The summed E-state index contributed by atoms with van der Waals surface area (Å²) in [4.78, 5) is 11.5. The van der Waals surface area contributed by atoms with Crippen molar-refractivity contribution in [3.8, 4) is 0 Å². The number of hydrogen-bond donors (Lipinski definition) is 3. The van der Waals surface area contributed by atoms with Crippen molar-refractivity contribution in [3.63, 3.8) is 0 Å². The number of anilines is 1. The van der Waals surface area contributed by atoms with Crippen LogP contribution in [-0.2, 0) is 14.8 Å². The van der Waals surface area contributed by atoms with Gasteiger partial charge in [-0.25, -0.2) is 13.1 Å². The Balaban J connectivity index is 2.68. The van der Waals surface area contributed by atoms with Crippen molar-refractivity contribution in [1.29, 1.82) is 0 Å². The number of amides is 1. The topological polar surface area (TPSA) is 101 Å². The molecule has 112 valence electrons. The summed E-state index contributed by atoms with van der Waals surface area (Å²) in [5.41, 5.74) is 6.00. The molecule has 0 aliphatic heterocycles. The van der Waals surface area contributed by atoms with Crippen LogP contribution in [0.1, 0.15) is 13.8 Å². The van der Waals surface area contributed by atoms with E-state index in [2.05, 4.69) is 26.0 Å². The number of nitrogens with two attached hydrogens (primary N) is 1. The molecule has 0 aliphatic carbocycles. The lowest BCUT2D eigenvalue weighted by atomic mass is 10.2. The molecule has 0 saturated heterocycles. The van der Waals surface area contributed by atoms with Gasteiger partial charge in [0, 0.05) is 16.7 Å². The molecule has 0 bridgehead atoms. The molecule has 0 unspecified atom stereocenters. The van der Waals surface area contributed by atoms with Gasteiger partial charge in [-0.3, -0.25) is 4.79 Å². The summed E-state index contributed by atoms with van der Waals surface area (Å²) in [6.45, 7) is 4.11. The highest BCUT2D eigenvalue weighted by Gasteiger charge is 2.18. The highest BCUT2D eigenvalue weighted by atomic mass is 79.9. The van der Waals surface area contributed by atoms with Crippen LogP contribution < -0.4 is 15.8 Å². The maximum atomic E-state index is 12.0. The van der Waals surface area contributed by atoms with Gasteiger partial charge in [-0.05, 0) is 40.0 Å². The summed E-state index contributed by atoms with van der Waals surface area (Å²) in [5.74, 6) is -0.0596. The molecule has 6 nitrogen and oxygen atoms in total. The molecule has 0 fully saturated rings. The Labute approximate surface area is 127 Å². The lowest BCUT2D eigenvalue weighted by Crippen LogP contribution is -2.38. The Bertz CT molecular complexity index is 588. The molecule has 0 atom stereocenters. The summed E-state index contributed by atoms with van der Waals surface area (Å²) >= 11 is 3.14. The second kappa shape index (κ2) is 7.05. The number of carbonyl (C=O) groups is 1. The Morgan fingerprint density at radius 1 is 1.40 bits per heavy atom. The number of nitrogen functional groups attached to an aromatic ring is 1. The van der Waals surface area contributed by atoms with Gasteiger partial charge in [0.1, 0.15) is 0 Å². The lowest BCUT2D eigenvalue weighted by molar-refractivity contribution is -0.120. The quantitative estimate of drug-likeness (QED) is 0.658. The Morgan fingerprint density at radius 3 is 2.60 bits per heavy atom. The lowest BCUT2D eigenvalue weighted by Gasteiger charge is -2.10. The van der Waals surface area contributed by atoms with Crippen LogP contribution >= 0.6 is 15.9 Å². The number of benzene rings is 1. The zero-order chi connectivity index (χ0) is 15.3. The van der Waals surface area contributed by atoms with Gasteiger partial charge in [-0.1, -0.05) is 13.8 Å². The molecule has 0 heterocycles. The molecular formula is C12H18BrN3O3S. The Hall–Kier alpha value is -1.12. The van der Waals surface area contributed by atoms with Crippen LogP contribution in [0, 0.1) is 5.92 Å². The fraction of sp³-hybridized carbons (Fsp3) is 0.417. The maximum Gasteiger partial charge on any atom is 0.242 e. The molecule has 20 heavy (non-hydrogen) atoms. The number of halogens is 1. The van der Waals surface area contributed by atoms with Gasteiger partial charge in [-0.15, -0.1) is 0 Å². The van der Waals surface area contributed by atoms with Gasteiger partial charge in [0.25, 0.3) is 0 Å². The predicted molar refractivity (Wildman–Crippen MR) is 81.6 cm³/mol. The van der Waals surface area contributed by atoms with Gasteiger partial charge in [-0.2, -0.15) is 0 Å². The van der Waals surface area contributed by atoms with E-state index in [9.17, 15) is 13.2 Å². The summed E-state index contributed by atoms with van der Waals surface area (Å²) < 4.78 is 26.7. The van der Waals surface area contributed by atoms with E-state index in [1.165, 1.54) is 18.2 Å². The molecule has 1 aromatic carbocycles. The van der Waals surface area contributed by atoms with Crippen molar-refractivity contribution >= 4 is 37.5 Å². The second-order valence-corrected chi connectivity index (χ2v) is 7.30. The van der Waals surface area contributed by atoms with E-state index in [1.54, 1.807) is 0 Å². The standard InChI is InChI=1S/C12H18BrN3O3S/c1-8(2)6-15-12(17)7-16-20(18,19)11-4-3-9(14)5-10(11)13/h3-5,8,16H,6-7,14H2,1-2H3,(H,15,17). The van der Waals surface area contributed by atoms with Gasteiger partial charge < -0.3 is 11.1 Å². The molecule has 0 aliphatic rings. The Kier molecular flexibility index (Phi) is 5.97. The van der Waals surface area contributed by atoms with Crippen LogP contribution in [0.5, 0.6) is 0 Å². The molecule has 0 radical (unpaired) electrons. The fourth-order valence-corrected chi connectivity index (χ4v) is 3.43. The summed E-state index contributed by atoms with van der Waals surface area (Å²) in [6, 6.07) is 4.36. The molecule has 1 amide bonds. The van der Waals surface area contributed by atoms with Crippen LogP contribution in [0.25, 0.3) is 0 Å². The molecule has 1 rings (SSSR count). The molecule has 0 aromatic heterocycles. The highest BCUT2D eigenvalue weighted by molar-refractivity contribution is 9.10. The molecule has 1 aromatic rings. The van der Waals surface area contributed by atoms with Gasteiger partial charge in [0.2, 0.25) is 15.9 Å². The number of hydrogen-bond acceptors (Lipinski definition) is 4. The third kappa shape index (κ3) is 5.10. The highest BCUT2D eigenvalue weighted by Crippen LogP contribution is 2.23. The first-order valence-electron chi connectivity index (χ1n) is 6.04. The van der Waals surface area contributed by atoms with Crippen molar-refractivity contribution in [2.24, 2.45) is 5.92 Å².